The lowest BCUT2D eigenvalue weighted by Gasteiger charge is -2.28. The van der Waals surface area contributed by atoms with E-state index >= 15 is 0 Å². The molecule has 11 aromatic carbocycles. The lowest BCUT2D eigenvalue weighted by molar-refractivity contribution is 1.31. The maximum absolute atomic E-state index is 2.51. The quantitative estimate of drug-likeness (QED) is 0.152. The summed E-state index contributed by atoms with van der Waals surface area (Å²) in [4.78, 5) is 2.51. The molecule has 0 amide bonds. The number of anilines is 3. The van der Waals surface area contributed by atoms with Crippen LogP contribution in [0, 0.1) is 0 Å². The van der Waals surface area contributed by atoms with Crippen molar-refractivity contribution in [2.75, 3.05) is 4.90 Å². The van der Waals surface area contributed by atoms with E-state index in [4.69, 9.17) is 0 Å². The van der Waals surface area contributed by atoms with E-state index < -0.39 is 0 Å². The molecule has 0 spiro atoms. The topological polar surface area (TPSA) is 3.24 Å². The second kappa shape index (κ2) is 14.1. The van der Waals surface area contributed by atoms with Crippen LogP contribution in [0.2, 0.25) is 0 Å². The van der Waals surface area contributed by atoms with Crippen molar-refractivity contribution in [3.63, 3.8) is 0 Å². The molecule has 2 heteroatoms. The second-order valence-corrected chi connectivity index (χ2v) is 16.7. The van der Waals surface area contributed by atoms with Crippen molar-refractivity contribution in [1.82, 2.24) is 0 Å². The Morgan fingerprint density at radius 2 is 0.850 bits per heavy atom. The van der Waals surface area contributed by atoms with E-state index in [0.29, 0.717) is 0 Å². The van der Waals surface area contributed by atoms with Crippen molar-refractivity contribution < 1.29 is 0 Å². The summed E-state index contributed by atoms with van der Waals surface area (Å²) in [6, 6.07) is 82.6. The Morgan fingerprint density at radius 3 is 1.63 bits per heavy atom. The van der Waals surface area contributed by atoms with Gasteiger partial charge in [0.1, 0.15) is 0 Å². The fourth-order valence-corrected chi connectivity index (χ4v) is 10.6. The van der Waals surface area contributed by atoms with Gasteiger partial charge in [0, 0.05) is 31.5 Å². The van der Waals surface area contributed by atoms with Crippen LogP contribution >= 0.6 is 11.3 Å². The van der Waals surface area contributed by atoms with Gasteiger partial charge in [0.15, 0.2) is 0 Å². The van der Waals surface area contributed by atoms with Gasteiger partial charge in [-0.1, -0.05) is 182 Å². The molecule has 0 fully saturated rings. The normalized spacial score (nSPS) is 11.7. The number of rotatable bonds is 6. The second-order valence-electron chi connectivity index (χ2n) is 15.7. The number of fused-ring (bicyclic) bond motifs is 9. The molecule has 60 heavy (non-hydrogen) atoms. The van der Waals surface area contributed by atoms with Gasteiger partial charge in [-0.25, -0.2) is 0 Å². The summed E-state index contributed by atoms with van der Waals surface area (Å²) in [5.74, 6) is 0. The SMILES string of the molecule is c1ccc(-c2cc(N(c3cccc(-c4ccc(-c5cc6ccccc6c6ccccc56)cc4)c3)c3cc4ccccc4c4sc5ccccc5c34)cc3ccccc23)cc1. The summed E-state index contributed by atoms with van der Waals surface area (Å²) in [6.45, 7) is 0. The van der Waals surface area contributed by atoms with Crippen molar-refractivity contribution in [3.05, 3.63) is 224 Å². The van der Waals surface area contributed by atoms with Gasteiger partial charge in [0.05, 0.1) is 5.69 Å². The highest BCUT2D eigenvalue weighted by Gasteiger charge is 2.22. The van der Waals surface area contributed by atoms with Crippen LogP contribution in [0.3, 0.4) is 0 Å². The Hall–Kier alpha value is -7.52. The molecule has 0 bridgehead atoms. The standard InChI is InChI=1S/C58H37NS/c1-2-15-39(16-3-1)54-37-46(34-42-17-4-8-23-48(42)54)59(55-36-44-19-6-9-24-49(44)58-57(55)52-27-12-13-28-56(52)60-58)45-21-14-20-41(33-45)38-29-31-40(32-30-38)53-35-43-18-5-7-22-47(43)50-25-10-11-26-51(50)53/h1-37H. The van der Waals surface area contributed by atoms with Gasteiger partial charge in [-0.2, -0.15) is 0 Å². The molecular formula is C58H37NS. The van der Waals surface area contributed by atoms with Gasteiger partial charge in [0.25, 0.3) is 0 Å². The van der Waals surface area contributed by atoms with Crippen LogP contribution in [-0.4, -0.2) is 0 Å². The molecule has 1 nitrogen and oxygen atoms in total. The van der Waals surface area contributed by atoms with Crippen molar-refractivity contribution >= 4 is 91.7 Å². The van der Waals surface area contributed by atoms with Crippen LogP contribution in [0.25, 0.3) is 96.6 Å². The highest BCUT2D eigenvalue weighted by atomic mass is 32.1. The molecule has 0 aliphatic rings. The van der Waals surface area contributed by atoms with Crippen molar-refractivity contribution in [3.8, 4) is 33.4 Å². The highest BCUT2D eigenvalue weighted by molar-refractivity contribution is 7.26. The summed E-state index contributed by atoms with van der Waals surface area (Å²) in [5.41, 5.74) is 10.6. The van der Waals surface area contributed by atoms with E-state index in [1.54, 1.807) is 0 Å². The van der Waals surface area contributed by atoms with Gasteiger partial charge < -0.3 is 4.90 Å². The van der Waals surface area contributed by atoms with Crippen LogP contribution in [0.4, 0.5) is 17.1 Å². The summed E-state index contributed by atoms with van der Waals surface area (Å²) in [7, 11) is 0. The first-order valence-electron chi connectivity index (χ1n) is 20.6. The molecule has 0 aliphatic carbocycles. The third-order valence-corrected chi connectivity index (χ3v) is 13.4. The van der Waals surface area contributed by atoms with Crippen LogP contribution in [0.15, 0.2) is 224 Å². The lowest BCUT2D eigenvalue weighted by atomic mass is 9.92. The monoisotopic (exact) mass is 779 g/mol. The van der Waals surface area contributed by atoms with Gasteiger partial charge in [0.2, 0.25) is 0 Å². The fraction of sp³-hybridized carbons (Fsp3) is 0. The van der Waals surface area contributed by atoms with Crippen molar-refractivity contribution in [1.29, 1.82) is 0 Å². The molecule has 0 atom stereocenters. The first-order valence-corrected chi connectivity index (χ1v) is 21.4. The molecule has 0 saturated heterocycles. The molecule has 12 aromatic rings. The molecule has 0 aliphatic heterocycles. The van der Waals surface area contributed by atoms with E-state index in [1.807, 2.05) is 11.3 Å². The predicted molar refractivity (Wildman–Crippen MR) is 260 cm³/mol. The molecule has 0 unspecified atom stereocenters. The molecular weight excluding hydrogens is 743 g/mol. The molecule has 12 rings (SSSR count). The molecule has 280 valence electrons. The Balaban J connectivity index is 1.07. The number of hydrogen-bond acceptors (Lipinski definition) is 2. The smallest absolute Gasteiger partial charge is 0.0561 e. The first-order chi connectivity index (χ1) is 29.7. The number of thiophene rings is 1. The number of nitrogens with zero attached hydrogens (tertiary/aromatic N) is 1. The zero-order valence-electron chi connectivity index (χ0n) is 32.7. The van der Waals surface area contributed by atoms with E-state index in [2.05, 4.69) is 229 Å². The first kappa shape index (κ1) is 34.5. The number of hydrogen-bond donors (Lipinski definition) is 0. The average molecular weight is 780 g/mol. The Kier molecular flexibility index (Phi) is 8.11. The van der Waals surface area contributed by atoms with Crippen molar-refractivity contribution in [2.24, 2.45) is 0 Å². The molecule has 1 heterocycles. The van der Waals surface area contributed by atoms with Gasteiger partial charge in [-0.3, -0.25) is 0 Å². The van der Waals surface area contributed by atoms with Gasteiger partial charge in [-0.05, 0) is 119 Å². The van der Waals surface area contributed by atoms with Crippen LogP contribution in [0.1, 0.15) is 0 Å². The third kappa shape index (κ3) is 5.68. The van der Waals surface area contributed by atoms with Crippen LogP contribution in [-0.2, 0) is 0 Å². The van der Waals surface area contributed by atoms with Crippen LogP contribution in [0.5, 0.6) is 0 Å². The summed E-state index contributed by atoms with van der Waals surface area (Å²) in [6.07, 6.45) is 0. The summed E-state index contributed by atoms with van der Waals surface area (Å²) < 4.78 is 2.60. The third-order valence-electron chi connectivity index (χ3n) is 12.2. The molecule has 0 saturated carbocycles. The zero-order valence-corrected chi connectivity index (χ0v) is 33.5. The molecule has 0 radical (unpaired) electrons. The van der Waals surface area contributed by atoms with Gasteiger partial charge in [-0.15, -0.1) is 11.3 Å². The minimum absolute atomic E-state index is 1.11. The Labute approximate surface area is 352 Å². The molecule has 0 N–H and O–H groups in total. The van der Waals surface area contributed by atoms with E-state index in [0.717, 1.165) is 11.4 Å². The largest absolute Gasteiger partial charge is 0.310 e. The lowest BCUT2D eigenvalue weighted by Crippen LogP contribution is -2.11. The summed E-state index contributed by atoms with van der Waals surface area (Å²) in [5, 5.41) is 12.6. The van der Waals surface area contributed by atoms with E-state index in [1.165, 1.54) is 102 Å². The highest BCUT2D eigenvalue weighted by Crippen LogP contribution is 2.49. The maximum atomic E-state index is 2.51. The minimum Gasteiger partial charge on any atom is -0.310 e. The van der Waals surface area contributed by atoms with Crippen molar-refractivity contribution in [2.45, 2.75) is 0 Å². The minimum atomic E-state index is 1.11. The van der Waals surface area contributed by atoms with E-state index in [9.17, 15) is 0 Å². The average Bonchev–Trinajstić information content (AvgIpc) is 3.72. The van der Waals surface area contributed by atoms with Gasteiger partial charge >= 0.3 is 0 Å². The Bertz CT molecular complexity index is 3600. The molecule has 1 aromatic heterocycles. The predicted octanol–water partition coefficient (Wildman–Crippen LogP) is 17.1. The fourth-order valence-electron chi connectivity index (χ4n) is 9.38. The maximum Gasteiger partial charge on any atom is 0.0561 e. The van der Waals surface area contributed by atoms with Crippen LogP contribution < -0.4 is 4.90 Å². The zero-order chi connectivity index (χ0) is 39.6. The number of benzene rings is 11. The van der Waals surface area contributed by atoms with E-state index in [-0.39, 0.29) is 0 Å². The summed E-state index contributed by atoms with van der Waals surface area (Å²) >= 11 is 1.89. The Morgan fingerprint density at radius 1 is 0.300 bits per heavy atom.